The molecule has 0 bridgehead atoms. The van der Waals surface area contributed by atoms with Gasteiger partial charge in [0, 0.05) is 6.92 Å². The lowest BCUT2D eigenvalue weighted by atomic mass is 9.94. The monoisotopic (exact) mass is 339 g/mol. The zero-order valence-corrected chi connectivity index (χ0v) is 12.1. The quantitative estimate of drug-likeness (QED) is 0.737. The second kappa shape index (κ2) is 6.01. The summed E-state index contributed by atoms with van der Waals surface area (Å²) in [5.74, 6) is -5.23. The van der Waals surface area contributed by atoms with Crippen LogP contribution in [0.4, 0.5) is 32.4 Å². The molecule has 3 amide bonds. The predicted octanol–water partition coefficient (Wildman–Crippen LogP) is 2.88. The number of rotatable bonds is 4. The van der Waals surface area contributed by atoms with Crippen LogP contribution in [-0.4, -0.2) is 29.6 Å². The van der Waals surface area contributed by atoms with E-state index in [1.165, 1.54) is 29.6 Å². The lowest BCUT2D eigenvalue weighted by Crippen LogP contribution is -2.66. The summed E-state index contributed by atoms with van der Waals surface area (Å²) in [5, 5.41) is 3.12. The number of hydrogen-bond donors (Lipinski definition) is 3. The minimum absolute atomic E-state index is 0.0398. The minimum Gasteiger partial charge on any atom is -0.366 e. The first kappa shape index (κ1) is 18.7. The van der Waals surface area contributed by atoms with Crippen molar-refractivity contribution >= 4 is 17.6 Å². The molecule has 0 fully saturated rings. The zero-order valence-electron chi connectivity index (χ0n) is 12.1. The highest BCUT2D eigenvalue weighted by atomic mass is 19.4. The fraction of sp³-hybridized carbons (Fsp3) is 0.385. The van der Waals surface area contributed by atoms with Crippen LogP contribution >= 0.6 is 0 Å². The highest BCUT2D eigenvalue weighted by Gasteiger charge is 2.65. The molecule has 0 aromatic heterocycles. The van der Waals surface area contributed by atoms with Crippen LogP contribution in [0.5, 0.6) is 0 Å². The number of urea groups is 1. The molecule has 4 N–H and O–H groups in total. The van der Waals surface area contributed by atoms with E-state index in [9.17, 15) is 31.5 Å². The molecule has 0 aliphatic rings. The van der Waals surface area contributed by atoms with Crippen molar-refractivity contribution < 1.29 is 31.5 Å². The maximum absolute atomic E-state index is 13.3. The van der Waals surface area contributed by atoms with Gasteiger partial charge in [0.2, 0.25) is 0 Å². The van der Waals surface area contributed by atoms with E-state index in [1.807, 2.05) is 5.32 Å². The Bertz CT molecular complexity index is 596. The molecular weight excluding hydrogens is 325 g/mol. The van der Waals surface area contributed by atoms with E-state index in [4.69, 9.17) is 5.73 Å². The molecule has 128 valence electrons. The molecule has 23 heavy (non-hydrogen) atoms. The molecule has 0 aliphatic heterocycles. The molecule has 1 rings (SSSR count). The van der Waals surface area contributed by atoms with Crippen LogP contribution in [0, 0.1) is 0 Å². The summed E-state index contributed by atoms with van der Waals surface area (Å²) in [6.07, 6.45) is -5.41. The molecule has 1 unspecified atom stereocenters. The molecule has 1 aromatic carbocycles. The fourth-order valence-electron chi connectivity index (χ4n) is 1.62. The molecule has 0 heterocycles. The maximum Gasteiger partial charge on any atom is 0.417 e. The molecule has 0 saturated heterocycles. The highest BCUT2D eigenvalue weighted by Crippen LogP contribution is 2.41. The van der Waals surface area contributed by atoms with E-state index in [-0.39, 0.29) is 25.1 Å². The van der Waals surface area contributed by atoms with E-state index in [0.29, 0.717) is 0 Å². The molecular formula is C13H14F5N3O2. The lowest BCUT2D eigenvalue weighted by molar-refractivity contribution is -0.249. The molecule has 0 aliphatic carbocycles. The molecule has 0 spiro atoms. The molecule has 1 atom stereocenters. The standard InChI is InChI=1S/C13H14F5N3O2/c1-11(12(2,14)15,13(16,17)18)21-10(23)20-8-6-4-3-5-7(8)9(19)22/h3-6H,1-2H3,(H2,19,22)(H2,20,21,23). The van der Waals surface area contributed by atoms with Crippen LogP contribution in [0.2, 0.25) is 0 Å². The average molecular weight is 339 g/mol. The molecule has 0 radical (unpaired) electrons. The van der Waals surface area contributed by atoms with Crippen molar-refractivity contribution in [3.05, 3.63) is 29.8 Å². The Labute approximate surface area is 128 Å². The smallest absolute Gasteiger partial charge is 0.366 e. The summed E-state index contributed by atoms with van der Waals surface area (Å²) >= 11 is 0. The SMILES string of the molecule is CC(F)(F)C(C)(NC(=O)Nc1ccccc1C(N)=O)C(F)(F)F. The number of halogens is 5. The van der Waals surface area contributed by atoms with E-state index in [2.05, 4.69) is 0 Å². The van der Waals surface area contributed by atoms with Crippen LogP contribution in [0.25, 0.3) is 0 Å². The highest BCUT2D eigenvalue weighted by molar-refractivity contribution is 6.02. The Morgan fingerprint density at radius 3 is 2.00 bits per heavy atom. The van der Waals surface area contributed by atoms with Crippen LogP contribution in [-0.2, 0) is 0 Å². The number of para-hydroxylation sites is 1. The van der Waals surface area contributed by atoms with Gasteiger partial charge in [-0.05, 0) is 19.1 Å². The number of alkyl halides is 5. The van der Waals surface area contributed by atoms with E-state index in [1.54, 1.807) is 0 Å². The Hall–Kier alpha value is -2.39. The fourth-order valence-corrected chi connectivity index (χ4v) is 1.62. The van der Waals surface area contributed by atoms with Crippen molar-refractivity contribution in [3.63, 3.8) is 0 Å². The molecule has 5 nitrogen and oxygen atoms in total. The summed E-state index contributed by atoms with van der Waals surface area (Å²) in [6, 6.07) is 3.63. The summed E-state index contributed by atoms with van der Waals surface area (Å²) in [6.45, 7) is 0.199. The average Bonchev–Trinajstić information content (AvgIpc) is 2.36. The summed E-state index contributed by atoms with van der Waals surface area (Å²) in [7, 11) is 0. The third kappa shape index (κ3) is 3.88. The number of carbonyl (C=O) groups is 2. The van der Waals surface area contributed by atoms with Gasteiger partial charge in [0.05, 0.1) is 11.3 Å². The van der Waals surface area contributed by atoms with E-state index in [0.717, 1.165) is 0 Å². The first-order valence-corrected chi connectivity index (χ1v) is 6.22. The number of primary amides is 1. The molecule has 0 saturated carbocycles. The first-order chi connectivity index (χ1) is 10.3. The number of nitrogens with one attached hydrogen (secondary N) is 2. The number of anilines is 1. The van der Waals surface area contributed by atoms with Crippen molar-refractivity contribution in [2.24, 2.45) is 5.73 Å². The van der Waals surface area contributed by atoms with Crippen molar-refractivity contribution in [1.82, 2.24) is 5.32 Å². The van der Waals surface area contributed by atoms with Crippen molar-refractivity contribution in [2.75, 3.05) is 5.32 Å². The normalized spacial score (nSPS) is 14.7. The van der Waals surface area contributed by atoms with Crippen LogP contribution < -0.4 is 16.4 Å². The summed E-state index contributed by atoms with van der Waals surface area (Å²) < 4.78 is 65.4. The number of benzene rings is 1. The maximum atomic E-state index is 13.3. The number of amides is 3. The third-order valence-electron chi connectivity index (χ3n) is 3.25. The van der Waals surface area contributed by atoms with Gasteiger partial charge >= 0.3 is 12.2 Å². The Balaban J connectivity index is 3.06. The predicted molar refractivity (Wildman–Crippen MR) is 72.2 cm³/mol. The number of hydrogen-bond acceptors (Lipinski definition) is 2. The van der Waals surface area contributed by atoms with Gasteiger partial charge in [-0.3, -0.25) is 4.79 Å². The van der Waals surface area contributed by atoms with Crippen molar-refractivity contribution in [3.8, 4) is 0 Å². The van der Waals surface area contributed by atoms with Gasteiger partial charge in [-0.15, -0.1) is 0 Å². The Morgan fingerprint density at radius 2 is 1.57 bits per heavy atom. The van der Waals surface area contributed by atoms with Crippen molar-refractivity contribution in [2.45, 2.75) is 31.5 Å². The first-order valence-electron chi connectivity index (χ1n) is 6.22. The topological polar surface area (TPSA) is 84.2 Å². The molecule has 1 aromatic rings. The van der Waals surface area contributed by atoms with Crippen LogP contribution in [0.3, 0.4) is 0 Å². The number of nitrogens with two attached hydrogens (primary N) is 1. The van der Waals surface area contributed by atoms with Gasteiger partial charge in [0.1, 0.15) is 0 Å². The number of carbonyl (C=O) groups excluding carboxylic acids is 2. The van der Waals surface area contributed by atoms with Gasteiger partial charge in [0.25, 0.3) is 11.8 Å². The lowest BCUT2D eigenvalue weighted by Gasteiger charge is -2.37. The van der Waals surface area contributed by atoms with Gasteiger partial charge in [-0.2, -0.15) is 13.2 Å². The summed E-state index contributed by atoms with van der Waals surface area (Å²) in [4.78, 5) is 22.8. The van der Waals surface area contributed by atoms with E-state index < -0.39 is 29.6 Å². The minimum atomic E-state index is -5.41. The Morgan fingerprint density at radius 1 is 1.04 bits per heavy atom. The second-order valence-corrected chi connectivity index (χ2v) is 5.00. The van der Waals surface area contributed by atoms with E-state index >= 15 is 0 Å². The van der Waals surface area contributed by atoms with Crippen molar-refractivity contribution in [1.29, 1.82) is 0 Å². The van der Waals surface area contributed by atoms with Gasteiger partial charge in [-0.1, -0.05) is 12.1 Å². The van der Waals surface area contributed by atoms with Gasteiger partial charge in [-0.25, -0.2) is 13.6 Å². The van der Waals surface area contributed by atoms with Gasteiger partial charge in [0.15, 0.2) is 5.54 Å². The second-order valence-electron chi connectivity index (χ2n) is 5.00. The summed E-state index contributed by atoms with van der Waals surface area (Å²) in [5.41, 5.74) is 0.858. The Kier molecular flexibility index (Phi) is 4.88. The van der Waals surface area contributed by atoms with Gasteiger partial charge < -0.3 is 16.4 Å². The van der Waals surface area contributed by atoms with Crippen LogP contribution in [0.15, 0.2) is 24.3 Å². The third-order valence-corrected chi connectivity index (χ3v) is 3.25. The molecule has 10 heteroatoms. The zero-order chi connectivity index (χ0) is 18.1. The largest absolute Gasteiger partial charge is 0.417 e. The van der Waals surface area contributed by atoms with Crippen LogP contribution in [0.1, 0.15) is 24.2 Å².